The van der Waals surface area contributed by atoms with Crippen molar-refractivity contribution >= 4 is 40.1 Å². The van der Waals surface area contributed by atoms with Gasteiger partial charge in [0.05, 0.1) is 26.1 Å². The van der Waals surface area contributed by atoms with Gasteiger partial charge in [0.1, 0.15) is 11.5 Å². The Kier molecular flexibility index (Phi) is 7.87. The van der Waals surface area contributed by atoms with Crippen molar-refractivity contribution in [1.29, 1.82) is 0 Å². The molecule has 0 saturated carbocycles. The fourth-order valence-electron chi connectivity index (χ4n) is 4.16. The van der Waals surface area contributed by atoms with Gasteiger partial charge in [0.15, 0.2) is 5.69 Å². The molecule has 9 nitrogen and oxygen atoms in total. The van der Waals surface area contributed by atoms with Gasteiger partial charge in [-0.25, -0.2) is 4.79 Å². The first-order valence-corrected chi connectivity index (χ1v) is 12.1. The van der Waals surface area contributed by atoms with Gasteiger partial charge in [-0.3, -0.25) is 9.59 Å². The van der Waals surface area contributed by atoms with Crippen LogP contribution in [0.4, 0.5) is 10.5 Å². The number of aromatic nitrogens is 1. The van der Waals surface area contributed by atoms with Crippen LogP contribution in [0.5, 0.6) is 11.5 Å². The van der Waals surface area contributed by atoms with Crippen molar-refractivity contribution in [2.45, 2.75) is 25.9 Å². The first-order valence-electron chi connectivity index (χ1n) is 11.7. The first-order chi connectivity index (χ1) is 18.2. The number of carboxylic acid groups (broad SMARTS) is 1. The number of fused-ring (bicyclic) bond motifs is 1. The van der Waals surface area contributed by atoms with E-state index in [0.717, 1.165) is 10.8 Å². The highest BCUT2D eigenvalue weighted by molar-refractivity contribution is 6.31. The number of anilines is 1. The summed E-state index contributed by atoms with van der Waals surface area (Å²) in [5.41, 5.74) is 0.642. The zero-order chi connectivity index (χ0) is 27.4. The number of hydrogen-bond donors (Lipinski definition) is 4. The quantitative estimate of drug-likeness (QED) is 0.249. The van der Waals surface area contributed by atoms with E-state index in [1.54, 1.807) is 62.6 Å². The maximum Gasteiger partial charge on any atom is 0.319 e. The number of nitrogens with zero attached hydrogens (tertiary/aromatic N) is 1. The summed E-state index contributed by atoms with van der Waals surface area (Å²) in [4.78, 5) is 37.7. The molecule has 0 aliphatic heterocycles. The summed E-state index contributed by atoms with van der Waals surface area (Å²) in [6.07, 6.45) is 1.08. The van der Waals surface area contributed by atoms with E-state index in [4.69, 9.17) is 16.3 Å². The van der Waals surface area contributed by atoms with Crippen LogP contribution in [0, 0.1) is 6.92 Å². The fraction of sp³-hybridized carbons (Fsp3) is 0.179. The summed E-state index contributed by atoms with van der Waals surface area (Å²) in [7, 11) is 1.57. The Balaban J connectivity index is 1.60. The molecule has 1 aromatic heterocycles. The third kappa shape index (κ3) is 5.90. The van der Waals surface area contributed by atoms with Crippen molar-refractivity contribution in [1.82, 2.24) is 9.88 Å². The van der Waals surface area contributed by atoms with Gasteiger partial charge in [-0.2, -0.15) is 0 Å². The van der Waals surface area contributed by atoms with Crippen molar-refractivity contribution in [3.63, 3.8) is 0 Å². The molecule has 196 valence electrons. The minimum Gasteiger partial charge on any atom is -0.505 e. The number of carbonyl (C=O) groups is 2. The molecule has 0 saturated heterocycles. The van der Waals surface area contributed by atoms with Crippen molar-refractivity contribution in [3.05, 3.63) is 98.9 Å². The summed E-state index contributed by atoms with van der Waals surface area (Å²) >= 11 is 6.23. The molecule has 10 heteroatoms. The second-order valence-corrected chi connectivity index (χ2v) is 9.19. The number of nitrogens with one attached hydrogen (secondary N) is 2. The normalized spacial score (nSPS) is 11.7. The number of halogens is 1. The number of pyridine rings is 1. The zero-order valence-electron chi connectivity index (χ0n) is 20.7. The summed E-state index contributed by atoms with van der Waals surface area (Å²) in [5, 5.41) is 27.2. The van der Waals surface area contributed by atoms with Gasteiger partial charge in [-0.1, -0.05) is 48.0 Å². The standard InChI is InChI=1S/C28H26ClN3O6/c1-16-14-32(15-20-5-3-4-6-22(20)29)27(36)25(26(16)35)31-28(37)30-23(13-24(33)34)19-8-7-18-12-21(38-2)10-9-17(18)11-19/h3-12,14,23,35H,13,15H2,1-2H3,(H,33,34)(H2,30,31,37)/t23-/m0/s1. The molecule has 38 heavy (non-hydrogen) atoms. The number of amides is 2. The third-order valence-electron chi connectivity index (χ3n) is 6.13. The average molecular weight is 536 g/mol. The number of methoxy groups -OCH3 is 1. The summed E-state index contributed by atoms with van der Waals surface area (Å²) < 4.78 is 6.57. The SMILES string of the molecule is COc1ccc2cc([C@H](CC(=O)O)NC(=O)Nc3c(O)c(C)cn(Cc4ccccc4Cl)c3=O)ccc2c1. The highest BCUT2D eigenvalue weighted by Crippen LogP contribution is 2.27. The van der Waals surface area contributed by atoms with E-state index in [1.807, 2.05) is 12.1 Å². The molecule has 4 rings (SSSR count). The van der Waals surface area contributed by atoms with Gasteiger partial charge in [-0.15, -0.1) is 0 Å². The number of benzene rings is 3. The van der Waals surface area contributed by atoms with Crippen LogP contribution in [0.25, 0.3) is 10.8 Å². The fourth-order valence-corrected chi connectivity index (χ4v) is 4.35. The Morgan fingerprint density at radius 3 is 2.50 bits per heavy atom. The predicted octanol–water partition coefficient (Wildman–Crippen LogP) is 5.06. The zero-order valence-corrected chi connectivity index (χ0v) is 21.5. The Labute approximate surface area is 223 Å². The van der Waals surface area contributed by atoms with E-state index < -0.39 is 30.0 Å². The van der Waals surface area contributed by atoms with Crippen LogP contribution < -0.4 is 20.9 Å². The molecular formula is C28H26ClN3O6. The molecule has 3 aromatic carbocycles. The Hall–Kier alpha value is -4.50. The molecule has 4 N–H and O–H groups in total. The lowest BCUT2D eigenvalue weighted by molar-refractivity contribution is -0.137. The summed E-state index contributed by atoms with van der Waals surface area (Å²) in [5.74, 6) is -0.816. The van der Waals surface area contributed by atoms with E-state index in [9.17, 15) is 24.6 Å². The maximum absolute atomic E-state index is 13.1. The topological polar surface area (TPSA) is 130 Å². The molecule has 0 aliphatic rings. The highest BCUT2D eigenvalue weighted by Gasteiger charge is 2.21. The Bertz CT molecular complexity index is 1580. The first kappa shape index (κ1) is 26.6. The largest absolute Gasteiger partial charge is 0.505 e. The van der Waals surface area contributed by atoms with E-state index in [1.165, 1.54) is 10.8 Å². The van der Waals surface area contributed by atoms with Crippen LogP contribution in [0.15, 0.2) is 71.7 Å². The van der Waals surface area contributed by atoms with Gasteiger partial charge >= 0.3 is 12.0 Å². The second-order valence-electron chi connectivity index (χ2n) is 8.78. The smallest absolute Gasteiger partial charge is 0.319 e. The lowest BCUT2D eigenvalue weighted by Gasteiger charge is -2.19. The minimum atomic E-state index is -1.12. The van der Waals surface area contributed by atoms with Crippen LogP contribution in [-0.4, -0.2) is 33.9 Å². The number of hydrogen-bond acceptors (Lipinski definition) is 5. The molecule has 4 aromatic rings. The number of aliphatic carboxylic acids is 1. The number of urea groups is 1. The van der Waals surface area contributed by atoms with Crippen LogP contribution in [0.1, 0.15) is 29.2 Å². The molecule has 0 fully saturated rings. The van der Waals surface area contributed by atoms with Gasteiger partial charge < -0.3 is 30.2 Å². The number of aryl methyl sites for hydroxylation is 1. The van der Waals surface area contributed by atoms with Crippen LogP contribution >= 0.6 is 11.6 Å². The van der Waals surface area contributed by atoms with Gasteiger partial charge in [0.25, 0.3) is 5.56 Å². The summed E-state index contributed by atoms with van der Waals surface area (Å²) in [6.45, 7) is 1.72. The average Bonchev–Trinajstić information content (AvgIpc) is 2.89. The number of carbonyl (C=O) groups excluding carboxylic acids is 1. The van der Waals surface area contributed by atoms with Crippen molar-refractivity contribution in [2.24, 2.45) is 0 Å². The molecule has 0 aliphatic carbocycles. The van der Waals surface area contributed by atoms with E-state index in [-0.39, 0.29) is 18.0 Å². The van der Waals surface area contributed by atoms with Crippen molar-refractivity contribution in [3.8, 4) is 11.5 Å². The number of ether oxygens (including phenoxy) is 1. The summed E-state index contributed by atoms with van der Waals surface area (Å²) in [6, 6.07) is 16.1. The molecule has 0 unspecified atom stereocenters. The van der Waals surface area contributed by atoms with Crippen LogP contribution in [0.2, 0.25) is 5.02 Å². The van der Waals surface area contributed by atoms with Gasteiger partial charge in [0, 0.05) is 16.8 Å². The van der Waals surface area contributed by atoms with Crippen molar-refractivity contribution in [2.75, 3.05) is 12.4 Å². The molecule has 0 bridgehead atoms. The molecule has 1 atom stereocenters. The third-order valence-corrected chi connectivity index (χ3v) is 6.50. The van der Waals surface area contributed by atoms with E-state index in [0.29, 0.717) is 27.5 Å². The van der Waals surface area contributed by atoms with Crippen molar-refractivity contribution < 1.29 is 24.5 Å². The molecule has 2 amide bonds. The monoisotopic (exact) mass is 535 g/mol. The predicted molar refractivity (Wildman–Crippen MR) is 145 cm³/mol. The molecule has 0 spiro atoms. The lowest BCUT2D eigenvalue weighted by atomic mass is 9.99. The van der Waals surface area contributed by atoms with E-state index >= 15 is 0 Å². The number of aromatic hydroxyl groups is 1. The van der Waals surface area contributed by atoms with Gasteiger partial charge in [0.2, 0.25) is 0 Å². The number of rotatable bonds is 8. The highest BCUT2D eigenvalue weighted by atomic mass is 35.5. The Morgan fingerprint density at radius 1 is 1.08 bits per heavy atom. The van der Waals surface area contributed by atoms with Gasteiger partial charge in [-0.05, 0) is 53.1 Å². The minimum absolute atomic E-state index is 0.124. The maximum atomic E-state index is 13.1. The van der Waals surface area contributed by atoms with Crippen LogP contribution in [0.3, 0.4) is 0 Å². The number of carboxylic acids is 1. The Morgan fingerprint density at radius 2 is 1.79 bits per heavy atom. The van der Waals surface area contributed by atoms with E-state index in [2.05, 4.69) is 10.6 Å². The van der Waals surface area contributed by atoms with Crippen LogP contribution in [-0.2, 0) is 11.3 Å². The lowest BCUT2D eigenvalue weighted by Crippen LogP contribution is -2.36. The molecular weight excluding hydrogens is 510 g/mol. The molecule has 0 radical (unpaired) electrons. The molecule has 1 heterocycles. The second kappa shape index (κ2) is 11.3.